The lowest BCUT2D eigenvalue weighted by molar-refractivity contribution is -0.151. The molecular formula is C17H16Cl2N2O2. The van der Waals surface area contributed by atoms with Gasteiger partial charge in [-0.3, -0.25) is 4.79 Å². The highest BCUT2D eigenvalue weighted by Gasteiger charge is 2.68. The minimum Gasteiger partial charge on any atom is -0.468 e. The van der Waals surface area contributed by atoms with E-state index in [0.717, 1.165) is 24.2 Å². The van der Waals surface area contributed by atoms with Gasteiger partial charge < -0.3 is 4.74 Å². The quantitative estimate of drug-likeness (QED) is 0.720. The van der Waals surface area contributed by atoms with Crippen LogP contribution in [0.15, 0.2) is 12.1 Å². The Morgan fingerprint density at radius 3 is 2.43 bits per heavy atom. The SMILES string of the molecule is COC(=O)C12CCC(c3nc4cc(Cl)c(Cl)cc4nc31)C2(C)C. The summed E-state index contributed by atoms with van der Waals surface area (Å²) in [5.74, 6) is -0.0274. The van der Waals surface area contributed by atoms with Gasteiger partial charge in [0.1, 0.15) is 5.41 Å². The number of carbonyl (C=O) groups is 1. The van der Waals surface area contributed by atoms with Crippen molar-refractivity contribution in [1.82, 2.24) is 9.97 Å². The second-order valence-electron chi connectivity index (χ2n) is 6.92. The number of rotatable bonds is 1. The summed E-state index contributed by atoms with van der Waals surface area (Å²) in [6.07, 6.45) is 1.66. The first-order valence-corrected chi connectivity index (χ1v) is 8.34. The number of nitrogens with zero attached hydrogens (tertiary/aromatic N) is 2. The van der Waals surface area contributed by atoms with Gasteiger partial charge in [0.25, 0.3) is 0 Å². The lowest BCUT2D eigenvalue weighted by atomic mass is 9.68. The average molecular weight is 351 g/mol. The van der Waals surface area contributed by atoms with Crippen LogP contribution in [0.5, 0.6) is 0 Å². The molecular weight excluding hydrogens is 335 g/mol. The van der Waals surface area contributed by atoms with Gasteiger partial charge in [-0.1, -0.05) is 37.0 Å². The van der Waals surface area contributed by atoms with E-state index in [9.17, 15) is 4.79 Å². The zero-order chi connectivity index (χ0) is 16.6. The Balaban J connectivity index is 2.05. The van der Waals surface area contributed by atoms with Crippen LogP contribution in [0.3, 0.4) is 0 Å². The Hall–Kier alpha value is -1.39. The van der Waals surface area contributed by atoms with Gasteiger partial charge >= 0.3 is 5.97 Å². The Kier molecular flexibility index (Phi) is 3.02. The van der Waals surface area contributed by atoms with Crippen LogP contribution >= 0.6 is 23.2 Å². The lowest BCUT2D eigenvalue weighted by Crippen LogP contribution is -2.44. The Labute approximate surface area is 144 Å². The van der Waals surface area contributed by atoms with E-state index in [1.807, 2.05) is 0 Å². The maximum atomic E-state index is 12.7. The number of fused-ring (bicyclic) bond motifs is 6. The molecule has 2 aliphatic carbocycles. The van der Waals surface area contributed by atoms with E-state index < -0.39 is 5.41 Å². The third kappa shape index (κ3) is 1.66. The number of benzene rings is 1. The number of esters is 1. The monoisotopic (exact) mass is 350 g/mol. The summed E-state index contributed by atoms with van der Waals surface area (Å²) in [5, 5.41) is 0.890. The molecule has 0 N–H and O–H groups in total. The fourth-order valence-electron chi connectivity index (χ4n) is 4.50. The maximum Gasteiger partial charge on any atom is 0.318 e. The molecule has 2 bridgehead atoms. The molecule has 0 aliphatic heterocycles. The molecule has 0 spiro atoms. The van der Waals surface area contributed by atoms with Crippen LogP contribution in [-0.2, 0) is 14.9 Å². The predicted octanol–water partition coefficient (Wildman–Crippen LogP) is 4.26. The van der Waals surface area contributed by atoms with E-state index in [1.54, 1.807) is 12.1 Å². The smallest absolute Gasteiger partial charge is 0.318 e. The topological polar surface area (TPSA) is 52.1 Å². The molecule has 1 aromatic heterocycles. The molecule has 1 aromatic carbocycles. The van der Waals surface area contributed by atoms with E-state index >= 15 is 0 Å². The van der Waals surface area contributed by atoms with Gasteiger partial charge in [0.2, 0.25) is 0 Å². The van der Waals surface area contributed by atoms with Gasteiger partial charge in [-0.15, -0.1) is 0 Å². The minimum absolute atomic E-state index is 0.197. The molecule has 2 aromatic rings. The normalized spacial score (nSPS) is 27.3. The summed E-state index contributed by atoms with van der Waals surface area (Å²) >= 11 is 12.2. The highest BCUT2D eigenvalue weighted by Crippen LogP contribution is 2.67. The standard InChI is InChI=1S/C17H16Cl2N2O2/c1-16(2)8-4-5-17(16,15(22)23-3)14-13(8)20-11-6-9(18)10(19)7-12(11)21-14/h6-8H,4-5H2,1-3H3. The lowest BCUT2D eigenvalue weighted by Gasteiger charge is -2.34. The van der Waals surface area contributed by atoms with Crippen molar-refractivity contribution in [3.63, 3.8) is 0 Å². The highest BCUT2D eigenvalue weighted by molar-refractivity contribution is 6.42. The molecule has 0 saturated heterocycles. The van der Waals surface area contributed by atoms with Crippen LogP contribution < -0.4 is 0 Å². The fourth-order valence-corrected chi connectivity index (χ4v) is 4.82. The van der Waals surface area contributed by atoms with Crippen molar-refractivity contribution < 1.29 is 9.53 Å². The van der Waals surface area contributed by atoms with Gasteiger partial charge in [-0.05, 0) is 30.4 Å². The number of carbonyl (C=O) groups excluding carboxylic acids is 1. The fraction of sp³-hybridized carbons (Fsp3) is 0.471. The molecule has 1 heterocycles. The van der Waals surface area contributed by atoms with E-state index in [2.05, 4.69) is 13.8 Å². The molecule has 4 rings (SSSR count). The van der Waals surface area contributed by atoms with Crippen molar-refractivity contribution in [1.29, 1.82) is 0 Å². The molecule has 1 saturated carbocycles. The van der Waals surface area contributed by atoms with E-state index in [0.29, 0.717) is 21.1 Å². The van der Waals surface area contributed by atoms with Gasteiger partial charge in [0.05, 0.1) is 39.6 Å². The summed E-state index contributed by atoms with van der Waals surface area (Å²) in [7, 11) is 1.43. The molecule has 1 fully saturated rings. The first-order valence-electron chi connectivity index (χ1n) is 7.58. The van der Waals surface area contributed by atoms with Gasteiger partial charge in [0, 0.05) is 5.92 Å². The van der Waals surface area contributed by atoms with E-state index in [1.165, 1.54) is 7.11 Å². The molecule has 6 heteroatoms. The largest absolute Gasteiger partial charge is 0.468 e. The van der Waals surface area contributed by atoms with Crippen LogP contribution in [0.4, 0.5) is 0 Å². The van der Waals surface area contributed by atoms with Crippen LogP contribution in [-0.4, -0.2) is 23.0 Å². The Morgan fingerprint density at radius 2 is 1.83 bits per heavy atom. The van der Waals surface area contributed by atoms with Crippen molar-refractivity contribution in [3.05, 3.63) is 33.6 Å². The predicted molar refractivity (Wildman–Crippen MR) is 89.0 cm³/mol. The molecule has 0 radical (unpaired) electrons. The molecule has 2 unspecified atom stereocenters. The van der Waals surface area contributed by atoms with E-state index in [4.69, 9.17) is 37.9 Å². The maximum absolute atomic E-state index is 12.7. The number of hydrogen-bond donors (Lipinski definition) is 0. The summed E-state index contributed by atoms with van der Waals surface area (Å²) in [6, 6.07) is 3.44. The van der Waals surface area contributed by atoms with Gasteiger partial charge in [-0.2, -0.15) is 0 Å². The number of ether oxygens (including phenoxy) is 1. The first kappa shape index (κ1) is 15.2. The first-order chi connectivity index (χ1) is 10.8. The summed E-state index contributed by atoms with van der Waals surface area (Å²) < 4.78 is 5.15. The zero-order valence-corrected chi connectivity index (χ0v) is 14.6. The molecule has 120 valence electrons. The molecule has 2 aliphatic rings. The van der Waals surface area contributed by atoms with Crippen LogP contribution in [0.2, 0.25) is 10.0 Å². The number of methoxy groups -OCH3 is 1. The molecule has 4 nitrogen and oxygen atoms in total. The van der Waals surface area contributed by atoms with Crippen molar-refractivity contribution in [3.8, 4) is 0 Å². The Morgan fingerprint density at radius 1 is 1.22 bits per heavy atom. The second kappa shape index (κ2) is 4.58. The number of halogens is 2. The van der Waals surface area contributed by atoms with Crippen molar-refractivity contribution in [2.24, 2.45) is 5.41 Å². The average Bonchev–Trinajstić information content (AvgIpc) is 2.88. The van der Waals surface area contributed by atoms with Crippen molar-refractivity contribution >= 4 is 40.2 Å². The third-order valence-corrected chi connectivity index (χ3v) is 6.50. The second-order valence-corrected chi connectivity index (χ2v) is 7.74. The summed E-state index contributed by atoms with van der Waals surface area (Å²) in [5.41, 5.74) is 2.02. The van der Waals surface area contributed by atoms with Crippen LogP contribution in [0.1, 0.15) is 44.0 Å². The number of aromatic nitrogens is 2. The zero-order valence-electron chi connectivity index (χ0n) is 13.1. The highest BCUT2D eigenvalue weighted by atomic mass is 35.5. The summed E-state index contributed by atoms with van der Waals surface area (Å²) in [4.78, 5) is 22.2. The van der Waals surface area contributed by atoms with Gasteiger partial charge in [0.15, 0.2) is 0 Å². The van der Waals surface area contributed by atoms with Crippen molar-refractivity contribution in [2.75, 3.05) is 7.11 Å². The third-order valence-electron chi connectivity index (χ3n) is 5.78. The molecule has 2 atom stereocenters. The Bertz CT molecular complexity index is 865. The van der Waals surface area contributed by atoms with Crippen LogP contribution in [0.25, 0.3) is 11.0 Å². The molecule has 0 amide bonds. The van der Waals surface area contributed by atoms with Crippen LogP contribution in [0, 0.1) is 5.41 Å². The minimum atomic E-state index is -0.727. The van der Waals surface area contributed by atoms with E-state index in [-0.39, 0.29) is 17.3 Å². The van der Waals surface area contributed by atoms with Gasteiger partial charge in [-0.25, -0.2) is 9.97 Å². The summed E-state index contributed by atoms with van der Waals surface area (Å²) in [6.45, 7) is 4.21. The number of hydrogen-bond acceptors (Lipinski definition) is 4. The molecule has 23 heavy (non-hydrogen) atoms. The van der Waals surface area contributed by atoms with Crippen molar-refractivity contribution in [2.45, 2.75) is 38.0 Å².